The predicted octanol–water partition coefficient (Wildman–Crippen LogP) is 1.55. The average molecular weight is 315 g/mol. The molecular weight excluding hydrogens is 292 g/mol. The van der Waals surface area contributed by atoms with Crippen molar-refractivity contribution in [2.45, 2.75) is 38.5 Å². The summed E-state index contributed by atoms with van der Waals surface area (Å²) in [5, 5.41) is 2.90. The number of hydrogen-bond acceptors (Lipinski definition) is 4. The molecule has 21 heavy (non-hydrogen) atoms. The molecule has 1 aliphatic rings. The Kier molecular flexibility index (Phi) is 6.95. The Morgan fingerprint density at radius 3 is 2.86 bits per heavy atom. The standard InChI is InChI=1S/C15H22N2O3.ClH/c1-10-3-4-11(7-14(10)19-2)9-17-15(18)13-6-5-12(8-16)20-13;/h3-4,7,12-13H,5-6,8-9,16H2,1-2H3,(H,17,18);1H/t12-,13+;/m1./s1. The van der Waals surface area contributed by atoms with Gasteiger partial charge >= 0.3 is 0 Å². The van der Waals surface area contributed by atoms with Crippen molar-refractivity contribution in [2.24, 2.45) is 5.73 Å². The Morgan fingerprint density at radius 2 is 2.24 bits per heavy atom. The van der Waals surface area contributed by atoms with Crippen LogP contribution < -0.4 is 15.8 Å². The molecule has 0 saturated carbocycles. The van der Waals surface area contributed by atoms with Gasteiger partial charge in [-0.25, -0.2) is 0 Å². The van der Waals surface area contributed by atoms with Gasteiger partial charge in [0.25, 0.3) is 0 Å². The molecule has 0 aromatic heterocycles. The van der Waals surface area contributed by atoms with Gasteiger partial charge in [0, 0.05) is 13.1 Å². The summed E-state index contributed by atoms with van der Waals surface area (Å²) in [7, 11) is 1.64. The minimum Gasteiger partial charge on any atom is -0.496 e. The lowest BCUT2D eigenvalue weighted by atomic mass is 10.1. The molecule has 1 aromatic carbocycles. The minimum atomic E-state index is -0.365. The van der Waals surface area contributed by atoms with Crippen molar-refractivity contribution < 1.29 is 14.3 Å². The fraction of sp³-hybridized carbons (Fsp3) is 0.533. The molecule has 6 heteroatoms. The molecule has 0 radical (unpaired) electrons. The number of hydrogen-bond donors (Lipinski definition) is 2. The van der Waals surface area contributed by atoms with Crippen LogP contribution in [0.25, 0.3) is 0 Å². The monoisotopic (exact) mass is 314 g/mol. The zero-order valence-electron chi connectivity index (χ0n) is 12.4. The van der Waals surface area contributed by atoms with Crippen LogP contribution in [-0.4, -0.2) is 31.8 Å². The summed E-state index contributed by atoms with van der Waals surface area (Å²) in [6, 6.07) is 5.90. The van der Waals surface area contributed by atoms with Gasteiger partial charge in [-0.15, -0.1) is 12.4 Å². The molecule has 0 aliphatic carbocycles. The Bertz CT molecular complexity index is 482. The van der Waals surface area contributed by atoms with Crippen LogP contribution in [0.1, 0.15) is 24.0 Å². The van der Waals surface area contributed by atoms with Crippen LogP contribution in [0.4, 0.5) is 0 Å². The summed E-state index contributed by atoms with van der Waals surface area (Å²) in [5.74, 6) is 0.762. The number of halogens is 1. The highest BCUT2D eigenvalue weighted by Crippen LogP contribution is 2.20. The number of carbonyl (C=O) groups excluding carboxylic acids is 1. The molecule has 1 aliphatic heterocycles. The van der Waals surface area contributed by atoms with Gasteiger partial charge in [-0.05, 0) is 37.0 Å². The molecule has 2 atom stereocenters. The highest BCUT2D eigenvalue weighted by Gasteiger charge is 2.29. The summed E-state index contributed by atoms with van der Waals surface area (Å²) in [5.41, 5.74) is 7.62. The molecule has 2 rings (SSSR count). The summed E-state index contributed by atoms with van der Waals surface area (Å²) in [4.78, 5) is 12.0. The van der Waals surface area contributed by atoms with E-state index in [-0.39, 0.29) is 30.5 Å². The molecule has 1 fully saturated rings. The van der Waals surface area contributed by atoms with Gasteiger partial charge < -0.3 is 20.5 Å². The molecule has 1 saturated heterocycles. The van der Waals surface area contributed by atoms with Crippen LogP contribution in [0.15, 0.2) is 18.2 Å². The fourth-order valence-corrected chi connectivity index (χ4v) is 2.35. The van der Waals surface area contributed by atoms with Gasteiger partial charge in [0.15, 0.2) is 0 Å². The van der Waals surface area contributed by atoms with Crippen molar-refractivity contribution >= 4 is 18.3 Å². The van der Waals surface area contributed by atoms with Gasteiger partial charge in [0.2, 0.25) is 5.91 Å². The number of methoxy groups -OCH3 is 1. The van der Waals surface area contributed by atoms with E-state index in [1.54, 1.807) is 7.11 Å². The number of benzene rings is 1. The van der Waals surface area contributed by atoms with Crippen molar-refractivity contribution in [1.29, 1.82) is 0 Å². The molecule has 1 heterocycles. The lowest BCUT2D eigenvalue weighted by Crippen LogP contribution is -2.35. The Balaban J connectivity index is 0.00000220. The van der Waals surface area contributed by atoms with E-state index >= 15 is 0 Å². The maximum absolute atomic E-state index is 12.0. The van der Waals surface area contributed by atoms with Crippen molar-refractivity contribution in [3.8, 4) is 5.75 Å². The first-order valence-corrected chi connectivity index (χ1v) is 6.90. The second-order valence-electron chi connectivity index (χ2n) is 5.08. The summed E-state index contributed by atoms with van der Waals surface area (Å²) in [6.45, 7) is 2.93. The smallest absolute Gasteiger partial charge is 0.249 e. The van der Waals surface area contributed by atoms with E-state index in [9.17, 15) is 4.79 Å². The van der Waals surface area contributed by atoms with Crippen LogP contribution >= 0.6 is 12.4 Å². The summed E-state index contributed by atoms with van der Waals surface area (Å²) in [6.07, 6.45) is 1.25. The molecule has 0 unspecified atom stereocenters. The van der Waals surface area contributed by atoms with Crippen molar-refractivity contribution in [3.05, 3.63) is 29.3 Å². The second-order valence-corrected chi connectivity index (χ2v) is 5.08. The van der Waals surface area contributed by atoms with Crippen molar-refractivity contribution in [3.63, 3.8) is 0 Å². The van der Waals surface area contributed by atoms with Crippen molar-refractivity contribution in [2.75, 3.05) is 13.7 Å². The van der Waals surface area contributed by atoms with Crippen LogP contribution in [0, 0.1) is 6.92 Å². The van der Waals surface area contributed by atoms with Gasteiger partial charge in [0.05, 0.1) is 13.2 Å². The number of nitrogens with two attached hydrogens (primary N) is 1. The van der Waals surface area contributed by atoms with E-state index in [4.69, 9.17) is 15.2 Å². The van der Waals surface area contributed by atoms with Gasteiger partial charge in [0.1, 0.15) is 11.9 Å². The fourth-order valence-electron chi connectivity index (χ4n) is 2.35. The Morgan fingerprint density at radius 1 is 1.48 bits per heavy atom. The topological polar surface area (TPSA) is 73.6 Å². The molecule has 1 amide bonds. The minimum absolute atomic E-state index is 0. The maximum atomic E-state index is 12.0. The van der Waals surface area contributed by atoms with E-state index in [0.717, 1.165) is 29.7 Å². The lowest BCUT2D eigenvalue weighted by molar-refractivity contribution is -0.132. The zero-order chi connectivity index (χ0) is 14.5. The normalized spacial score (nSPS) is 20.7. The maximum Gasteiger partial charge on any atom is 0.249 e. The average Bonchev–Trinajstić information content (AvgIpc) is 2.95. The van der Waals surface area contributed by atoms with E-state index < -0.39 is 0 Å². The summed E-state index contributed by atoms with van der Waals surface area (Å²) >= 11 is 0. The summed E-state index contributed by atoms with van der Waals surface area (Å²) < 4.78 is 10.8. The largest absolute Gasteiger partial charge is 0.496 e. The number of aryl methyl sites for hydroxylation is 1. The third-order valence-corrected chi connectivity index (χ3v) is 3.60. The van der Waals surface area contributed by atoms with E-state index in [2.05, 4.69) is 5.32 Å². The first-order valence-electron chi connectivity index (χ1n) is 6.90. The van der Waals surface area contributed by atoms with Gasteiger partial charge in [-0.3, -0.25) is 4.79 Å². The first kappa shape index (κ1) is 17.8. The van der Waals surface area contributed by atoms with E-state index in [1.165, 1.54) is 0 Å². The SMILES string of the molecule is COc1cc(CNC(=O)[C@@H]2CC[C@H](CN)O2)ccc1C.Cl. The highest BCUT2D eigenvalue weighted by molar-refractivity contribution is 5.85. The van der Waals surface area contributed by atoms with Gasteiger partial charge in [-0.1, -0.05) is 12.1 Å². The van der Waals surface area contributed by atoms with Gasteiger partial charge in [-0.2, -0.15) is 0 Å². The molecule has 3 N–H and O–H groups in total. The quantitative estimate of drug-likeness (QED) is 0.865. The van der Waals surface area contributed by atoms with Crippen LogP contribution in [0.5, 0.6) is 5.75 Å². The number of carbonyl (C=O) groups is 1. The van der Waals surface area contributed by atoms with Crippen LogP contribution in [-0.2, 0) is 16.1 Å². The lowest BCUT2D eigenvalue weighted by Gasteiger charge is -2.13. The van der Waals surface area contributed by atoms with E-state index in [0.29, 0.717) is 13.1 Å². The zero-order valence-corrected chi connectivity index (χ0v) is 13.2. The first-order chi connectivity index (χ1) is 9.63. The third kappa shape index (κ3) is 4.59. The molecular formula is C15H23ClN2O3. The number of amides is 1. The number of nitrogens with one attached hydrogen (secondary N) is 1. The highest BCUT2D eigenvalue weighted by atomic mass is 35.5. The molecule has 118 valence electrons. The Labute approximate surface area is 131 Å². The predicted molar refractivity (Wildman–Crippen MR) is 83.8 cm³/mol. The number of rotatable bonds is 5. The molecule has 0 spiro atoms. The Hall–Kier alpha value is -1.30. The van der Waals surface area contributed by atoms with E-state index in [1.807, 2.05) is 25.1 Å². The number of ether oxygens (including phenoxy) is 2. The van der Waals surface area contributed by atoms with Crippen molar-refractivity contribution in [1.82, 2.24) is 5.32 Å². The molecule has 5 nitrogen and oxygen atoms in total. The third-order valence-electron chi connectivity index (χ3n) is 3.60. The second kappa shape index (κ2) is 8.22. The molecule has 1 aromatic rings. The molecule has 0 bridgehead atoms. The van der Waals surface area contributed by atoms with Crippen LogP contribution in [0.2, 0.25) is 0 Å². The van der Waals surface area contributed by atoms with Crippen LogP contribution in [0.3, 0.4) is 0 Å².